The number of hydrogen-bond donors (Lipinski definition) is 0. The number of furan rings is 1. The first kappa shape index (κ1) is 34.3. The van der Waals surface area contributed by atoms with E-state index in [1.54, 1.807) is 0 Å². The first-order chi connectivity index (χ1) is 29.2. The topological polar surface area (TPSA) is 51.8 Å². The minimum absolute atomic E-state index is 0.582. The molecule has 2 heterocycles. The molecule has 9 aromatic carbocycles. The molecular weight excluding hydrogens is 719 g/mol. The fourth-order valence-electron chi connectivity index (χ4n) is 8.24. The molecule has 0 amide bonds. The lowest BCUT2D eigenvalue weighted by Crippen LogP contribution is -2.00. The van der Waals surface area contributed by atoms with E-state index in [4.69, 9.17) is 19.4 Å². The Morgan fingerprint density at radius 3 is 1.58 bits per heavy atom. The van der Waals surface area contributed by atoms with E-state index in [9.17, 15) is 0 Å². The van der Waals surface area contributed by atoms with Gasteiger partial charge in [0.05, 0.1) is 0 Å². The molecule has 59 heavy (non-hydrogen) atoms. The van der Waals surface area contributed by atoms with Crippen molar-refractivity contribution in [1.82, 2.24) is 15.0 Å². The Kier molecular flexibility index (Phi) is 8.45. The van der Waals surface area contributed by atoms with Gasteiger partial charge in [0.15, 0.2) is 17.5 Å². The van der Waals surface area contributed by atoms with Gasteiger partial charge in [-0.1, -0.05) is 194 Å². The van der Waals surface area contributed by atoms with Crippen molar-refractivity contribution in [2.75, 3.05) is 0 Å². The minimum atomic E-state index is 0.582. The van der Waals surface area contributed by atoms with Crippen LogP contribution in [-0.2, 0) is 0 Å². The van der Waals surface area contributed by atoms with Gasteiger partial charge in [0.1, 0.15) is 11.2 Å². The SMILES string of the molecule is c1ccc(-c2ccc(-c3nc(-c4ccc5cccc(-c6ccccc6)c5c4)nc(-c4cccc5oc6c(-c7cccc(-c8ccccc8)c7)cccc6c45)n3)cc2)cc1. The molecule has 0 radical (unpaired) electrons. The Morgan fingerprint density at radius 2 is 0.814 bits per heavy atom. The van der Waals surface area contributed by atoms with Crippen molar-refractivity contribution in [3.63, 3.8) is 0 Å². The molecule has 0 fully saturated rings. The van der Waals surface area contributed by atoms with Crippen LogP contribution >= 0.6 is 0 Å². The molecule has 11 aromatic rings. The summed E-state index contributed by atoms with van der Waals surface area (Å²) in [5.41, 5.74) is 13.4. The van der Waals surface area contributed by atoms with Crippen LogP contribution < -0.4 is 0 Å². The Bertz CT molecular complexity index is 3300. The van der Waals surface area contributed by atoms with E-state index in [0.717, 1.165) is 88.3 Å². The second-order valence-corrected chi connectivity index (χ2v) is 14.8. The molecule has 0 saturated carbocycles. The Hall–Kier alpha value is -7.95. The monoisotopic (exact) mass is 753 g/mol. The highest BCUT2D eigenvalue weighted by Gasteiger charge is 2.20. The summed E-state index contributed by atoms with van der Waals surface area (Å²) in [5.74, 6) is 1.78. The van der Waals surface area contributed by atoms with E-state index in [1.807, 2.05) is 30.3 Å². The number of benzene rings is 9. The van der Waals surface area contributed by atoms with Gasteiger partial charge in [-0.25, -0.2) is 15.0 Å². The summed E-state index contributed by atoms with van der Waals surface area (Å²) in [6.07, 6.45) is 0. The van der Waals surface area contributed by atoms with Crippen LogP contribution in [-0.4, -0.2) is 15.0 Å². The lowest BCUT2D eigenvalue weighted by atomic mass is 9.96. The molecule has 0 aliphatic heterocycles. The molecular formula is C55H35N3O. The smallest absolute Gasteiger partial charge is 0.164 e. The van der Waals surface area contributed by atoms with E-state index >= 15 is 0 Å². The van der Waals surface area contributed by atoms with E-state index in [1.165, 1.54) is 5.56 Å². The summed E-state index contributed by atoms with van der Waals surface area (Å²) in [5, 5.41) is 4.27. The van der Waals surface area contributed by atoms with Crippen LogP contribution in [0.25, 0.3) is 111 Å². The largest absolute Gasteiger partial charge is 0.455 e. The molecule has 0 spiro atoms. The lowest BCUT2D eigenvalue weighted by molar-refractivity contribution is 0.670. The van der Waals surface area contributed by atoms with Crippen LogP contribution in [0, 0.1) is 0 Å². The van der Waals surface area contributed by atoms with Gasteiger partial charge in [-0.3, -0.25) is 0 Å². The van der Waals surface area contributed by atoms with E-state index in [-0.39, 0.29) is 0 Å². The molecule has 0 N–H and O–H groups in total. The van der Waals surface area contributed by atoms with Gasteiger partial charge in [-0.2, -0.15) is 0 Å². The van der Waals surface area contributed by atoms with Gasteiger partial charge in [0.25, 0.3) is 0 Å². The first-order valence-corrected chi connectivity index (χ1v) is 19.8. The second-order valence-electron chi connectivity index (χ2n) is 14.8. The van der Waals surface area contributed by atoms with Crippen molar-refractivity contribution in [3.8, 4) is 78.7 Å². The number of para-hydroxylation sites is 1. The van der Waals surface area contributed by atoms with Crippen LogP contribution in [0.5, 0.6) is 0 Å². The quantitative estimate of drug-likeness (QED) is 0.163. The third kappa shape index (κ3) is 6.34. The predicted molar refractivity (Wildman–Crippen MR) is 243 cm³/mol. The van der Waals surface area contributed by atoms with E-state index < -0.39 is 0 Å². The van der Waals surface area contributed by atoms with Gasteiger partial charge in [0, 0.05) is 33.0 Å². The van der Waals surface area contributed by atoms with Crippen LogP contribution in [0.1, 0.15) is 0 Å². The number of rotatable bonds is 7. The summed E-state index contributed by atoms with van der Waals surface area (Å²) in [6.45, 7) is 0. The molecule has 4 nitrogen and oxygen atoms in total. The number of nitrogens with zero attached hydrogens (tertiary/aromatic N) is 3. The maximum Gasteiger partial charge on any atom is 0.164 e. The van der Waals surface area contributed by atoms with E-state index in [2.05, 4.69) is 182 Å². The normalized spacial score (nSPS) is 11.4. The third-order valence-electron chi connectivity index (χ3n) is 11.2. The number of fused-ring (bicyclic) bond motifs is 4. The molecule has 0 aliphatic rings. The summed E-state index contributed by atoms with van der Waals surface area (Å²) in [7, 11) is 0. The van der Waals surface area contributed by atoms with E-state index in [0.29, 0.717) is 17.5 Å². The van der Waals surface area contributed by atoms with Gasteiger partial charge in [0.2, 0.25) is 0 Å². The lowest BCUT2D eigenvalue weighted by Gasteiger charge is -2.12. The minimum Gasteiger partial charge on any atom is -0.455 e. The zero-order chi connectivity index (χ0) is 39.1. The average Bonchev–Trinajstić information content (AvgIpc) is 3.71. The van der Waals surface area contributed by atoms with Gasteiger partial charge in [-0.05, 0) is 67.9 Å². The molecule has 4 heteroatoms. The Labute approximate surface area is 341 Å². The number of aromatic nitrogens is 3. The molecule has 0 bridgehead atoms. The van der Waals surface area contributed by atoms with Crippen molar-refractivity contribution < 1.29 is 4.42 Å². The van der Waals surface area contributed by atoms with Gasteiger partial charge in [-0.15, -0.1) is 0 Å². The van der Waals surface area contributed by atoms with Gasteiger partial charge >= 0.3 is 0 Å². The Morgan fingerprint density at radius 1 is 0.288 bits per heavy atom. The summed E-state index contributed by atoms with van der Waals surface area (Å²) >= 11 is 0. The predicted octanol–water partition coefficient (Wildman–Crippen LogP) is 14.6. The molecule has 0 saturated heterocycles. The van der Waals surface area contributed by atoms with Gasteiger partial charge < -0.3 is 4.42 Å². The van der Waals surface area contributed by atoms with Crippen molar-refractivity contribution in [2.45, 2.75) is 0 Å². The zero-order valence-electron chi connectivity index (χ0n) is 32.0. The maximum atomic E-state index is 6.76. The first-order valence-electron chi connectivity index (χ1n) is 19.8. The van der Waals surface area contributed by atoms with Crippen molar-refractivity contribution >= 4 is 32.7 Å². The fraction of sp³-hybridized carbons (Fsp3) is 0. The zero-order valence-corrected chi connectivity index (χ0v) is 32.0. The molecule has 0 aliphatic carbocycles. The molecule has 276 valence electrons. The molecule has 0 unspecified atom stereocenters. The highest BCUT2D eigenvalue weighted by atomic mass is 16.3. The summed E-state index contributed by atoms with van der Waals surface area (Å²) in [6, 6.07) is 74.0. The average molecular weight is 754 g/mol. The molecule has 11 rings (SSSR count). The number of hydrogen-bond acceptors (Lipinski definition) is 4. The van der Waals surface area contributed by atoms with Crippen LogP contribution in [0.2, 0.25) is 0 Å². The Balaban J connectivity index is 1.09. The maximum absolute atomic E-state index is 6.76. The molecule has 2 aromatic heterocycles. The van der Waals surface area contributed by atoms with Crippen molar-refractivity contribution in [2.24, 2.45) is 0 Å². The van der Waals surface area contributed by atoms with Crippen LogP contribution in [0.4, 0.5) is 0 Å². The summed E-state index contributed by atoms with van der Waals surface area (Å²) < 4.78 is 6.76. The van der Waals surface area contributed by atoms with Crippen LogP contribution in [0.15, 0.2) is 217 Å². The molecule has 0 atom stereocenters. The highest BCUT2D eigenvalue weighted by molar-refractivity contribution is 6.15. The highest BCUT2D eigenvalue weighted by Crippen LogP contribution is 2.41. The van der Waals surface area contributed by atoms with Crippen molar-refractivity contribution in [3.05, 3.63) is 212 Å². The fourth-order valence-corrected chi connectivity index (χ4v) is 8.24. The standard InChI is InChI=1S/C55H35N3O/c1-4-14-36(15-5-1)38-28-31-41(32-29-38)53-56-54(44-33-30-40-20-11-23-45(49(40)35-44)39-18-8-3-9-19-39)58-55(57-53)48-26-13-27-50-51(48)47-25-12-24-46(52(47)59-50)43-22-10-21-42(34-43)37-16-6-2-7-17-37/h1-35H. The summed E-state index contributed by atoms with van der Waals surface area (Å²) in [4.78, 5) is 15.7. The second kappa shape index (κ2) is 14.5. The van der Waals surface area contributed by atoms with Crippen LogP contribution in [0.3, 0.4) is 0 Å². The van der Waals surface area contributed by atoms with Crippen molar-refractivity contribution in [1.29, 1.82) is 0 Å². The third-order valence-corrected chi connectivity index (χ3v) is 11.2.